The fourth-order valence-electron chi connectivity index (χ4n) is 3.84. The van der Waals surface area contributed by atoms with Crippen LogP contribution < -0.4 is 9.64 Å². The van der Waals surface area contributed by atoms with E-state index in [1.807, 2.05) is 42.5 Å². The van der Waals surface area contributed by atoms with Crippen molar-refractivity contribution in [3.8, 4) is 28.6 Å². The lowest BCUT2D eigenvalue weighted by Crippen LogP contribution is -2.50. The molecule has 2 heterocycles. The van der Waals surface area contributed by atoms with E-state index in [-0.39, 0.29) is 18.3 Å². The molecule has 0 N–H and O–H groups in total. The topological polar surface area (TPSA) is 71.7 Å². The molecular weight excluding hydrogens is 435 g/mol. The zero-order valence-corrected chi connectivity index (χ0v) is 18.4. The molecule has 1 saturated heterocycles. The number of ether oxygens (including phenoxy) is 1. The minimum absolute atomic E-state index is 0.0331. The number of anilines is 1. The summed E-state index contributed by atoms with van der Waals surface area (Å²) in [5.41, 5.74) is 2.61. The van der Waals surface area contributed by atoms with Crippen molar-refractivity contribution in [3.05, 3.63) is 84.7 Å². The van der Waals surface area contributed by atoms with Crippen molar-refractivity contribution in [2.75, 3.05) is 37.7 Å². The lowest BCUT2D eigenvalue weighted by Gasteiger charge is -2.36. The van der Waals surface area contributed by atoms with Crippen LogP contribution in [0.1, 0.15) is 0 Å². The molecule has 0 saturated carbocycles. The second-order valence-corrected chi connectivity index (χ2v) is 7.95. The van der Waals surface area contributed by atoms with Crippen LogP contribution in [0, 0.1) is 5.82 Å². The predicted molar refractivity (Wildman–Crippen MR) is 126 cm³/mol. The molecule has 1 aliphatic rings. The maximum Gasteiger partial charge on any atom is 0.260 e. The minimum atomic E-state index is -0.253. The third-order valence-corrected chi connectivity index (χ3v) is 5.75. The molecule has 0 atom stereocenters. The molecule has 0 spiro atoms. The molecule has 34 heavy (non-hydrogen) atoms. The molecule has 0 bridgehead atoms. The van der Waals surface area contributed by atoms with Gasteiger partial charge in [-0.3, -0.25) is 4.79 Å². The Morgan fingerprint density at radius 1 is 0.882 bits per heavy atom. The lowest BCUT2D eigenvalue weighted by atomic mass is 10.2. The second kappa shape index (κ2) is 9.74. The highest BCUT2D eigenvalue weighted by Gasteiger charge is 2.21. The average Bonchev–Trinajstić information content (AvgIpc) is 3.39. The first-order valence-corrected chi connectivity index (χ1v) is 11.1. The van der Waals surface area contributed by atoms with Gasteiger partial charge in [-0.25, -0.2) is 4.39 Å². The standard InChI is InChI=1S/C26H23FN4O3/c27-21-8-10-22(11-9-21)30-14-16-31(17-15-30)24(32)18-33-23-12-6-20(7-13-23)26-28-25(29-34-26)19-4-2-1-3-5-19/h1-13H,14-18H2. The lowest BCUT2D eigenvalue weighted by molar-refractivity contribution is -0.133. The maximum atomic E-state index is 13.1. The van der Waals surface area contributed by atoms with Crippen LogP contribution in [0.15, 0.2) is 83.4 Å². The third kappa shape index (κ3) is 4.91. The smallest absolute Gasteiger partial charge is 0.260 e. The van der Waals surface area contributed by atoms with Crippen LogP contribution >= 0.6 is 0 Å². The van der Waals surface area contributed by atoms with Crippen molar-refractivity contribution in [2.24, 2.45) is 0 Å². The molecule has 7 nitrogen and oxygen atoms in total. The molecule has 3 aromatic carbocycles. The first-order valence-electron chi connectivity index (χ1n) is 11.1. The van der Waals surface area contributed by atoms with Gasteiger partial charge in [0.25, 0.3) is 11.8 Å². The number of halogens is 1. The summed E-state index contributed by atoms with van der Waals surface area (Å²) >= 11 is 0. The molecule has 8 heteroatoms. The van der Waals surface area contributed by atoms with Crippen molar-refractivity contribution < 1.29 is 18.4 Å². The Hall–Kier alpha value is -4.20. The van der Waals surface area contributed by atoms with Gasteiger partial charge in [-0.1, -0.05) is 35.5 Å². The van der Waals surface area contributed by atoms with Gasteiger partial charge in [-0.05, 0) is 48.5 Å². The molecule has 1 aromatic heterocycles. The van der Waals surface area contributed by atoms with Gasteiger partial charge in [-0.2, -0.15) is 4.98 Å². The van der Waals surface area contributed by atoms with Crippen LogP contribution in [0.4, 0.5) is 10.1 Å². The van der Waals surface area contributed by atoms with Gasteiger partial charge in [0.15, 0.2) is 6.61 Å². The van der Waals surface area contributed by atoms with E-state index in [2.05, 4.69) is 15.0 Å². The van der Waals surface area contributed by atoms with Crippen molar-refractivity contribution in [3.63, 3.8) is 0 Å². The Labute approximate surface area is 196 Å². The fourth-order valence-corrected chi connectivity index (χ4v) is 3.84. The van der Waals surface area contributed by atoms with Gasteiger partial charge >= 0.3 is 0 Å². The van der Waals surface area contributed by atoms with Gasteiger partial charge < -0.3 is 19.1 Å². The minimum Gasteiger partial charge on any atom is -0.484 e. The molecule has 5 rings (SSSR count). The SMILES string of the molecule is O=C(COc1ccc(-c2nc(-c3ccccc3)no2)cc1)N1CCN(c2ccc(F)cc2)CC1. The van der Waals surface area contributed by atoms with E-state index in [4.69, 9.17) is 9.26 Å². The summed E-state index contributed by atoms with van der Waals surface area (Å²) < 4.78 is 24.2. The van der Waals surface area contributed by atoms with Gasteiger partial charge in [0, 0.05) is 43.0 Å². The Balaban J connectivity index is 1.12. The van der Waals surface area contributed by atoms with Gasteiger partial charge in [0.05, 0.1) is 0 Å². The number of nitrogens with zero attached hydrogens (tertiary/aromatic N) is 4. The summed E-state index contributed by atoms with van der Waals surface area (Å²) in [5.74, 6) is 1.22. The quantitative estimate of drug-likeness (QED) is 0.430. The maximum absolute atomic E-state index is 13.1. The van der Waals surface area contributed by atoms with Crippen LogP contribution in [0.25, 0.3) is 22.8 Å². The molecule has 1 fully saturated rings. The first-order chi connectivity index (χ1) is 16.7. The highest BCUT2D eigenvalue weighted by atomic mass is 19.1. The van der Waals surface area contributed by atoms with E-state index < -0.39 is 0 Å². The first kappa shape index (κ1) is 21.6. The van der Waals surface area contributed by atoms with Crippen molar-refractivity contribution in [1.29, 1.82) is 0 Å². The second-order valence-electron chi connectivity index (χ2n) is 7.95. The number of rotatable bonds is 6. The van der Waals surface area contributed by atoms with E-state index in [9.17, 15) is 9.18 Å². The molecule has 0 unspecified atom stereocenters. The zero-order valence-electron chi connectivity index (χ0n) is 18.4. The molecular formula is C26H23FN4O3. The van der Waals surface area contributed by atoms with Gasteiger partial charge in [0.1, 0.15) is 11.6 Å². The fraction of sp³-hybridized carbons (Fsp3) is 0.192. The van der Waals surface area contributed by atoms with E-state index in [0.717, 1.165) is 16.8 Å². The molecule has 0 radical (unpaired) electrons. The Morgan fingerprint density at radius 3 is 2.29 bits per heavy atom. The summed E-state index contributed by atoms with van der Waals surface area (Å²) in [4.78, 5) is 21.0. The molecule has 172 valence electrons. The Morgan fingerprint density at radius 2 is 1.59 bits per heavy atom. The number of hydrogen-bond donors (Lipinski definition) is 0. The summed E-state index contributed by atoms with van der Waals surface area (Å²) in [6.45, 7) is 2.55. The largest absolute Gasteiger partial charge is 0.484 e. The average molecular weight is 458 g/mol. The Bertz CT molecular complexity index is 1240. The van der Waals surface area contributed by atoms with Crippen LogP contribution in [-0.4, -0.2) is 53.7 Å². The van der Waals surface area contributed by atoms with Gasteiger partial charge in [0.2, 0.25) is 5.82 Å². The zero-order chi connectivity index (χ0) is 23.3. The number of aromatic nitrogens is 2. The molecule has 1 aliphatic heterocycles. The predicted octanol–water partition coefficient (Wildman–Crippen LogP) is 4.27. The molecule has 4 aromatic rings. The van der Waals surface area contributed by atoms with E-state index in [0.29, 0.717) is 43.6 Å². The van der Waals surface area contributed by atoms with Gasteiger partial charge in [-0.15, -0.1) is 0 Å². The summed E-state index contributed by atoms with van der Waals surface area (Å²) in [6.07, 6.45) is 0. The summed E-state index contributed by atoms with van der Waals surface area (Å²) in [6, 6.07) is 23.2. The van der Waals surface area contributed by atoms with Crippen molar-refractivity contribution >= 4 is 11.6 Å². The molecule has 0 aliphatic carbocycles. The number of benzene rings is 3. The van der Waals surface area contributed by atoms with Crippen molar-refractivity contribution in [1.82, 2.24) is 15.0 Å². The van der Waals surface area contributed by atoms with Crippen LogP contribution in [-0.2, 0) is 4.79 Å². The number of carbonyl (C=O) groups excluding carboxylic acids is 1. The highest BCUT2D eigenvalue weighted by molar-refractivity contribution is 5.78. The number of carbonyl (C=O) groups is 1. The number of amides is 1. The van der Waals surface area contributed by atoms with E-state index >= 15 is 0 Å². The highest BCUT2D eigenvalue weighted by Crippen LogP contribution is 2.24. The third-order valence-electron chi connectivity index (χ3n) is 5.75. The summed E-state index contributed by atoms with van der Waals surface area (Å²) in [5, 5.41) is 4.04. The van der Waals surface area contributed by atoms with E-state index in [1.54, 1.807) is 29.2 Å². The van der Waals surface area contributed by atoms with Crippen LogP contribution in [0.5, 0.6) is 5.75 Å². The summed E-state index contributed by atoms with van der Waals surface area (Å²) in [7, 11) is 0. The van der Waals surface area contributed by atoms with Crippen LogP contribution in [0.2, 0.25) is 0 Å². The number of hydrogen-bond acceptors (Lipinski definition) is 6. The normalized spacial score (nSPS) is 13.7. The van der Waals surface area contributed by atoms with Crippen LogP contribution in [0.3, 0.4) is 0 Å². The Kier molecular flexibility index (Phi) is 6.20. The van der Waals surface area contributed by atoms with E-state index in [1.165, 1.54) is 12.1 Å². The number of piperazine rings is 1. The van der Waals surface area contributed by atoms with Crippen molar-refractivity contribution in [2.45, 2.75) is 0 Å². The monoisotopic (exact) mass is 458 g/mol. The molecule has 1 amide bonds.